The standard InChI is InChI=1S/C15H18Br2N2/c1-5-11-10(4)15(17)19-13(11)6-12-8(2)9(3)14(7-16)18-12/h6,18H,5,7H2,1-4H3/p+1/b13-6-. The molecule has 1 aliphatic heterocycles. The van der Waals surface area contributed by atoms with Gasteiger partial charge >= 0.3 is 0 Å². The third kappa shape index (κ3) is 2.65. The average molecular weight is 387 g/mol. The molecule has 0 radical (unpaired) electrons. The molecular weight excluding hydrogens is 368 g/mol. The van der Waals surface area contributed by atoms with Crippen molar-refractivity contribution in [3.63, 3.8) is 0 Å². The van der Waals surface area contributed by atoms with Crippen LogP contribution in [-0.2, 0) is 5.33 Å². The molecule has 1 aromatic heterocycles. The molecule has 0 bridgehead atoms. The number of rotatable bonds is 3. The van der Waals surface area contributed by atoms with Gasteiger partial charge in [-0.25, -0.2) is 0 Å². The Kier molecular flexibility index (Phi) is 4.51. The van der Waals surface area contributed by atoms with Crippen molar-refractivity contribution in [3.05, 3.63) is 39.4 Å². The molecule has 2 rings (SSSR count). The van der Waals surface area contributed by atoms with Gasteiger partial charge in [0.05, 0.1) is 0 Å². The van der Waals surface area contributed by atoms with Gasteiger partial charge in [0.15, 0.2) is 0 Å². The molecule has 0 unspecified atom stereocenters. The summed E-state index contributed by atoms with van der Waals surface area (Å²) in [4.78, 5) is 6.91. The molecule has 0 saturated carbocycles. The van der Waals surface area contributed by atoms with Crippen LogP contribution >= 0.6 is 31.9 Å². The minimum atomic E-state index is 0.863. The maximum absolute atomic E-state index is 3.58. The Morgan fingerprint density at radius 3 is 2.42 bits per heavy atom. The maximum Gasteiger partial charge on any atom is 0.250 e. The van der Waals surface area contributed by atoms with Gasteiger partial charge in [0.1, 0.15) is 0 Å². The Morgan fingerprint density at radius 1 is 1.21 bits per heavy atom. The number of halogens is 2. The van der Waals surface area contributed by atoms with Crippen LogP contribution in [0.4, 0.5) is 0 Å². The van der Waals surface area contributed by atoms with Crippen molar-refractivity contribution in [2.45, 2.75) is 39.4 Å². The van der Waals surface area contributed by atoms with E-state index in [0.29, 0.717) is 0 Å². The first kappa shape index (κ1) is 14.8. The van der Waals surface area contributed by atoms with Crippen LogP contribution in [0.3, 0.4) is 0 Å². The summed E-state index contributed by atoms with van der Waals surface area (Å²) in [5.41, 5.74) is 8.97. The lowest BCUT2D eigenvalue weighted by molar-refractivity contribution is -0.382. The Hall–Kier alpha value is -0.610. The van der Waals surface area contributed by atoms with E-state index in [9.17, 15) is 0 Å². The van der Waals surface area contributed by atoms with E-state index < -0.39 is 0 Å². The van der Waals surface area contributed by atoms with E-state index in [-0.39, 0.29) is 0 Å². The Labute approximate surface area is 131 Å². The molecule has 102 valence electrons. The van der Waals surface area contributed by atoms with Crippen LogP contribution in [0, 0.1) is 13.8 Å². The summed E-state index contributed by atoms with van der Waals surface area (Å²) < 4.78 is 1.08. The normalized spacial score (nSPS) is 17.6. The fraction of sp³-hybridized carbons (Fsp3) is 0.400. The minimum absolute atomic E-state index is 0.863. The lowest BCUT2D eigenvalue weighted by Gasteiger charge is -1.97. The van der Waals surface area contributed by atoms with Crippen molar-refractivity contribution in [2.75, 3.05) is 0 Å². The highest BCUT2D eigenvalue weighted by Crippen LogP contribution is 2.25. The van der Waals surface area contributed by atoms with Crippen LogP contribution in [0.15, 0.2) is 16.8 Å². The Morgan fingerprint density at radius 2 is 1.89 bits per heavy atom. The quantitative estimate of drug-likeness (QED) is 0.745. The third-order valence-corrected chi connectivity index (χ3v) is 5.19. The number of allylic oxidation sites excluding steroid dienone is 2. The molecule has 4 heteroatoms. The highest BCUT2D eigenvalue weighted by Gasteiger charge is 2.25. The highest BCUT2D eigenvalue weighted by atomic mass is 79.9. The summed E-state index contributed by atoms with van der Waals surface area (Å²) in [6.07, 6.45) is 3.24. The average Bonchev–Trinajstić information content (AvgIpc) is 2.81. The molecule has 0 atom stereocenters. The van der Waals surface area contributed by atoms with Crippen molar-refractivity contribution in [2.24, 2.45) is 0 Å². The van der Waals surface area contributed by atoms with Gasteiger partial charge in [-0.2, -0.15) is 4.99 Å². The first-order chi connectivity index (χ1) is 8.99. The third-order valence-electron chi connectivity index (χ3n) is 3.83. The van der Waals surface area contributed by atoms with Crippen molar-refractivity contribution < 1.29 is 4.99 Å². The fourth-order valence-electron chi connectivity index (χ4n) is 2.40. The number of aromatic nitrogens is 1. The molecule has 0 aromatic carbocycles. The summed E-state index contributed by atoms with van der Waals surface area (Å²) in [5.74, 6) is 0. The maximum atomic E-state index is 3.58. The minimum Gasteiger partial charge on any atom is -0.358 e. The van der Waals surface area contributed by atoms with E-state index in [2.05, 4.69) is 75.6 Å². The molecular formula is C15H19Br2N2+. The molecule has 1 aliphatic rings. The van der Waals surface area contributed by atoms with Crippen molar-refractivity contribution in [3.8, 4) is 0 Å². The first-order valence-corrected chi connectivity index (χ1v) is 8.36. The number of aromatic amines is 1. The van der Waals surface area contributed by atoms with Gasteiger partial charge in [-0.1, -0.05) is 22.9 Å². The highest BCUT2D eigenvalue weighted by molar-refractivity contribution is 9.18. The second-order valence-electron chi connectivity index (χ2n) is 4.85. The van der Waals surface area contributed by atoms with Gasteiger partial charge in [-0.15, -0.1) is 0 Å². The van der Waals surface area contributed by atoms with Gasteiger partial charge < -0.3 is 4.98 Å². The number of hydrogen-bond donors (Lipinski definition) is 2. The smallest absolute Gasteiger partial charge is 0.250 e. The van der Waals surface area contributed by atoms with E-state index in [0.717, 1.165) is 16.4 Å². The monoisotopic (exact) mass is 385 g/mol. The van der Waals surface area contributed by atoms with Crippen LogP contribution in [0.5, 0.6) is 0 Å². The van der Waals surface area contributed by atoms with E-state index in [4.69, 9.17) is 0 Å². The Bertz CT molecular complexity index is 604. The summed E-state index contributed by atoms with van der Waals surface area (Å²) in [7, 11) is 0. The molecule has 0 fully saturated rings. The molecule has 2 N–H and O–H groups in total. The summed E-state index contributed by atoms with van der Waals surface area (Å²) in [6, 6.07) is 0. The molecule has 0 spiro atoms. The fourth-order valence-corrected chi connectivity index (χ4v) is 3.42. The van der Waals surface area contributed by atoms with Gasteiger partial charge in [0.2, 0.25) is 10.3 Å². The molecule has 0 amide bonds. The summed E-state index contributed by atoms with van der Waals surface area (Å²) in [5, 5.41) is 0.863. The molecule has 0 saturated heterocycles. The zero-order valence-corrected chi connectivity index (χ0v) is 14.9. The topological polar surface area (TPSA) is 29.8 Å². The predicted octanol–water partition coefficient (Wildman–Crippen LogP) is 3.48. The largest absolute Gasteiger partial charge is 0.358 e. The van der Waals surface area contributed by atoms with Crippen LogP contribution in [0.2, 0.25) is 0 Å². The van der Waals surface area contributed by atoms with Crippen LogP contribution in [0.25, 0.3) is 6.08 Å². The van der Waals surface area contributed by atoms with Gasteiger partial charge in [0, 0.05) is 49.9 Å². The zero-order valence-electron chi connectivity index (χ0n) is 11.7. The molecule has 2 nitrogen and oxygen atoms in total. The van der Waals surface area contributed by atoms with E-state index in [1.54, 1.807) is 0 Å². The first-order valence-electron chi connectivity index (χ1n) is 6.45. The molecule has 2 heterocycles. The van der Waals surface area contributed by atoms with E-state index in [1.165, 1.54) is 39.4 Å². The van der Waals surface area contributed by atoms with Crippen molar-refractivity contribution in [1.29, 1.82) is 0 Å². The summed E-state index contributed by atoms with van der Waals surface area (Å²) >= 11 is 7.10. The number of H-pyrrole nitrogens is 1. The van der Waals surface area contributed by atoms with Crippen molar-refractivity contribution in [1.82, 2.24) is 4.98 Å². The van der Waals surface area contributed by atoms with Gasteiger partial charge in [-0.3, -0.25) is 0 Å². The second-order valence-corrected chi connectivity index (χ2v) is 6.21. The van der Waals surface area contributed by atoms with E-state index >= 15 is 0 Å². The summed E-state index contributed by atoms with van der Waals surface area (Å²) in [6.45, 7) is 8.67. The number of nitrogens with one attached hydrogen (secondary N) is 2. The predicted molar refractivity (Wildman–Crippen MR) is 88.8 cm³/mol. The molecule has 0 aliphatic carbocycles. The van der Waals surface area contributed by atoms with Gasteiger partial charge in [0.25, 0.3) is 0 Å². The lowest BCUT2D eigenvalue weighted by Crippen LogP contribution is -2.66. The van der Waals surface area contributed by atoms with E-state index in [1.807, 2.05) is 0 Å². The van der Waals surface area contributed by atoms with Crippen LogP contribution in [-0.4, -0.2) is 9.60 Å². The number of alkyl halides is 1. The molecule has 19 heavy (non-hydrogen) atoms. The number of hydrogen-bond acceptors (Lipinski definition) is 0. The Balaban J connectivity index is 2.49. The van der Waals surface area contributed by atoms with Crippen LogP contribution < -0.4 is 4.99 Å². The lowest BCUT2D eigenvalue weighted by atomic mass is 10.1. The zero-order chi connectivity index (χ0) is 14.2. The van der Waals surface area contributed by atoms with Crippen LogP contribution in [0.1, 0.15) is 42.8 Å². The van der Waals surface area contributed by atoms with Gasteiger partial charge in [-0.05, 0) is 38.3 Å². The van der Waals surface area contributed by atoms with Crippen molar-refractivity contribution >= 4 is 42.6 Å². The SMILES string of the molecule is CCC1=C(C)C(Br)=[NH+]/C1=C\c1[nH]c(CBr)c(C)c1C. The second kappa shape index (κ2) is 5.80. The molecule has 1 aromatic rings.